The minimum atomic E-state index is -0.00278. The first kappa shape index (κ1) is 18.0. The van der Waals surface area contributed by atoms with E-state index in [-0.39, 0.29) is 18.3 Å². The SMILES string of the molecule is COc1ccccc1Nc1ncccc1C(=O)N1CCNCC1.Cl. The van der Waals surface area contributed by atoms with E-state index >= 15 is 0 Å². The predicted molar refractivity (Wildman–Crippen MR) is 96.5 cm³/mol. The van der Waals surface area contributed by atoms with Gasteiger partial charge in [-0.15, -0.1) is 12.4 Å². The zero-order valence-corrected chi connectivity index (χ0v) is 14.3. The fourth-order valence-electron chi connectivity index (χ4n) is 2.59. The lowest BCUT2D eigenvalue weighted by molar-refractivity contribution is 0.0736. The summed E-state index contributed by atoms with van der Waals surface area (Å²) in [7, 11) is 1.62. The largest absolute Gasteiger partial charge is 0.495 e. The smallest absolute Gasteiger partial charge is 0.257 e. The van der Waals surface area contributed by atoms with Gasteiger partial charge in [0.05, 0.1) is 18.4 Å². The van der Waals surface area contributed by atoms with Crippen molar-refractivity contribution in [2.24, 2.45) is 0 Å². The van der Waals surface area contributed by atoms with Gasteiger partial charge in [-0.2, -0.15) is 0 Å². The van der Waals surface area contributed by atoms with Gasteiger partial charge in [0, 0.05) is 32.4 Å². The molecule has 128 valence electrons. The van der Waals surface area contributed by atoms with Crippen LogP contribution >= 0.6 is 12.4 Å². The Hall–Kier alpha value is -2.31. The van der Waals surface area contributed by atoms with E-state index in [4.69, 9.17) is 4.74 Å². The van der Waals surface area contributed by atoms with E-state index < -0.39 is 0 Å². The molecule has 1 aliphatic rings. The van der Waals surface area contributed by atoms with Gasteiger partial charge in [-0.05, 0) is 24.3 Å². The minimum Gasteiger partial charge on any atom is -0.495 e. The summed E-state index contributed by atoms with van der Waals surface area (Å²) >= 11 is 0. The summed E-state index contributed by atoms with van der Waals surface area (Å²) < 4.78 is 5.34. The van der Waals surface area contributed by atoms with E-state index in [2.05, 4.69) is 15.6 Å². The standard InChI is InChI=1S/C17H20N4O2.ClH/c1-23-15-7-3-2-6-14(15)20-16-13(5-4-8-19-16)17(22)21-11-9-18-10-12-21;/h2-8,18H,9-12H2,1H3,(H,19,20);1H. The third-order valence-electron chi connectivity index (χ3n) is 3.80. The molecular formula is C17H21ClN4O2. The fraction of sp³-hybridized carbons (Fsp3) is 0.294. The van der Waals surface area contributed by atoms with Gasteiger partial charge in [0.1, 0.15) is 11.6 Å². The van der Waals surface area contributed by atoms with E-state index in [0.29, 0.717) is 30.2 Å². The lowest BCUT2D eigenvalue weighted by Crippen LogP contribution is -2.46. The number of nitrogens with one attached hydrogen (secondary N) is 2. The zero-order valence-electron chi connectivity index (χ0n) is 13.5. The number of piperazine rings is 1. The Balaban J connectivity index is 0.00000208. The third-order valence-corrected chi connectivity index (χ3v) is 3.80. The molecule has 2 aromatic rings. The number of benzene rings is 1. The maximum atomic E-state index is 12.8. The number of halogens is 1. The highest BCUT2D eigenvalue weighted by Gasteiger charge is 2.21. The summed E-state index contributed by atoms with van der Waals surface area (Å²) in [6.45, 7) is 3.06. The topological polar surface area (TPSA) is 66.5 Å². The molecule has 1 amide bonds. The highest BCUT2D eigenvalue weighted by molar-refractivity contribution is 5.99. The zero-order chi connectivity index (χ0) is 16.1. The van der Waals surface area contributed by atoms with E-state index in [1.165, 1.54) is 0 Å². The number of methoxy groups -OCH3 is 1. The van der Waals surface area contributed by atoms with E-state index in [0.717, 1.165) is 18.8 Å². The number of para-hydroxylation sites is 2. The molecule has 2 N–H and O–H groups in total. The van der Waals surface area contributed by atoms with E-state index in [9.17, 15) is 4.79 Å². The van der Waals surface area contributed by atoms with Crippen LogP contribution < -0.4 is 15.4 Å². The molecule has 1 aromatic heterocycles. The Morgan fingerprint density at radius 2 is 1.96 bits per heavy atom. The van der Waals surface area contributed by atoms with Gasteiger partial charge in [-0.1, -0.05) is 12.1 Å². The molecule has 1 fully saturated rings. The number of carbonyl (C=O) groups excluding carboxylic acids is 1. The summed E-state index contributed by atoms with van der Waals surface area (Å²) in [4.78, 5) is 18.9. The molecule has 1 aliphatic heterocycles. The number of amides is 1. The Labute approximate surface area is 147 Å². The molecule has 0 unspecified atom stereocenters. The summed E-state index contributed by atoms with van der Waals surface area (Å²) in [5.74, 6) is 1.25. The normalized spacial score (nSPS) is 13.8. The molecular weight excluding hydrogens is 328 g/mol. The van der Waals surface area contributed by atoms with Crippen LogP contribution in [0.4, 0.5) is 11.5 Å². The van der Waals surface area contributed by atoms with Crippen LogP contribution in [0.5, 0.6) is 5.75 Å². The van der Waals surface area contributed by atoms with Crippen molar-refractivity contribution in [2.45, 2.75) is 0 Å². The molecule has 0 spiro atoms. The summed E-state index contributed by atoms with van der Waals surface area (Å²) in [6.07, 6.45) is 1.67. The molecule has 1 aromatic carbocycles. The molecule has 24 heavy (non-hydrogen) atoms. The van der Waals surface area contributed by atoms with Crippen LogP contribution in [0.3, 0.4) is 0 Å². The summed E-state index contributed by atoms with van der Waals surface area (Å²) in [6, 6.07) is 11.1. The first-order valence-corrected chi connectivity index (χ1v) is 7.64. The Bertz CT molecular complexity index is 690. The predicted octanol–water partition coefficient (Wildman–Crippen LogP) is 2.30. The van der Waals surface area contributed by atoms with Crippen molar-refractivity contribution in [3.63, 3.8) is 0 Å². The molecule has 3 rings (SSSR count). The second kappa shape index (κ2) is 8.52. The van der Waals surface area contributed by atoms with E-state index in [1.54, 1.807) is 25.4 Å². The van der Waals surface area contributed by atoms with Crippen LogP contribution in [0.2, 0.25) is 0 Å². The van der Waals surface area contributed by atoms with Crippen molar-refractivity contribution in [2.75, 3.05) is 38.6 Å². The number of rotatable bonds is 4. The van der Waals surface area contributed by atoms with Gasteiger partial charge < -0.3 is 20.3 Å². The highest BCUT2D eigenvalue weighted by atomic mass is 35.5. The van der Waals surface area contributed by atoms with Gasteiger partial charge in [0.15, 0.2) is 0 Å². The van der Waals surface area contributed by atoms with Gasteiger partial charge in [0.25, 0.3) is 5.91 Å². The van der Waals surface area contributed by atoms with Gasteiger partial charge in [-0.3, -0.25) is 4.79 Å². The Morgan fingerprint density at radius 1 is 1.21 bits per heavy atom. The first-order chi connectivity index (χ1) is 11.3. The van der Waals surface area contributed by atoms with Gasteiger partial charge in [0.2, 0.25) is 0 Å². The van der Waals surface area contributed by atoms with Crippen LogP contribution in [-0.2, 0) is 0 Å². The second-order valence-corrected chi connectivity index (χ2v) is 5.27. The fourth-order valence-corrected chi connectivity index (χ4v) is 2.59. The molecule has 2 heterocycles. The van der Waals surface area contributed by atoms with E-state index in [1.807, 2.05) is 29.2 Å². The second-order valence-electron chi connectivity index (χ2n) is 5.27. The molecule has 0 radical (unpaired) electrons. The van der Waals surface area contributed by atoms with Crippen LogP contribution in [-0.4, -0.2) is 49.1 Å². The number of hydrogen-bond acceptors (Lipinski definition) is 5. The van der Waals surface area contributed by atoms with Crippen LogP contribution in [0.1, 0.15) is 10.4 Å². The van der Waals surface area contributed by atoms with Gasteiger partial charge >= 0.3 is 0 Å². The Kier molecular flexibility index (Phi) is 6.40. The molecule has 7 heteroatoms. The van der Waals surface area contributed by atoms with Crippen molar-refractivity contribution < 1.29 is 9.53 Å². The van der Waals surface area contributed by atoms with Crippen LogP contribution in [0, 0.1) is 0 Å². The number of pyridine rings is 1. The highest BCUT2D eigenvalue weighted by Crippen LogP contribution is 2.28. The van der Waals surface area contributed by atoms with Crippen LogP contribution in [0.15, 0.2) is 42.6 Å². The number of hydrogen-bond donors (Lipinski definition) is 2. The van der Waals surface area contributed by atoms with Crippen molar-refractivity contribution in [1.82, 2.24) is 15.2 Å². The number of ether oxygens (including phenoxy) is 1. The van der Waals surface area contributed by atoms with Gasteiger partial charge in [-0.25, -0.2) is 4.98 Å². The average Bonchev–Trinajstić information content (AvgIpc) is 2.63. The molecule has 6 nitrogen and oxygen atoms in total. The number of nitrogens with zero attached hydrogens (tertiary/aromatic N) is 2. The van der Waals surface area contributed by atoms with Crippen LogP contribution in [0.25, 0.3) is 0 Å². The maximum absolute atomic E-state index is 12.8. The molecule has 0 atom stereocenters. The lowest BCUT2D eigenvalue weighted by Gasteiger charge is -2.28. The summed E-state index contributed by atoms with van der Waals surface area (Å²) in [5.41, 5.74) is 1.35. The van der Waals surface area contributed by atoms with Crippen molar-refractivity contribution in [3.8, 4) is 5.75 Å². The monoisotopic (exact) mass is 348 g/mol. The minimum absolute atomic E-state index is 0. The third kappa shape index (κ3) is 3.96. The molecule has 0 bridgehead atoms. The van der Waals surface area contributed by atoms with Crippen molar-refractivity contribution >= 4 is 29.8 Å². The Morgan fingerprint density at radius 3 is 2.71 bits per heavy atom. The number of carbonyl (C=O) groups is 1. The number of anilines is 2. The molecule has 0 saturated carbocycles. The lowest BCUT2D eigenvalue weighted by atomic mass is 10.2. The first-order valence-electron chi connectivity index (χ1n) is 7.64. The van der Waals surface area contributed by atoms with Crippen molar-refractivity contribution in [3.05, 3.63) is 48.2 Å². The maximum Gasteiger partial charge on any atom is 0.257 e. The number of aromatic nitrogens is 1. The molecule has 1 saturated heterocycles. The van der Waals surface area contributed by atoms with Crippen molar-refractivity contribution in [1.29, 1.82) is 0 Å². The molecule has 0 aliphatic carbocycles. The average molecular weight is 349 g/mol. The summed E-state index contributed by atoms with van der Waals surface area (Å²) in [5, 5.41) is 6.46. The quantitative estimate of drug-likeness (QED) is 0.887.